The smallest absolute Gasteiger partial charge is 0.305 e. The van der Waals surface area contributed by atoms with E-state index in [0.717, 1.165) is 6.42 Å². The lowest BCUT2D eigenvalue weighted by Gasteiger charge is -2.25. The molecule has 0 fully saturated rings. The SMILES string of the molecule is CCCC(=O)OC[C@H](O)CN(CCCOC)Cc1ccccc1F. The molecule has 0 unspecified atom stereocenters. The first kappa shape index (κ1) is 20.5. The maximum atomic E-state index is 13.8. The Morgan fingerprint density at radius 1 is 1.38 bits per heavy atom. The lowest BCUT2D eigenvalue weighted by atomic mass is 10.2. The van der Waals surface area contributed by atoms with Gasteiger partial charge in [0.15, 0.2) is 0 Å². The van der Waals surface area contributed by atoms with E-state index in [1.807, 2.05) is 11.8 Å². The number of ether oxygens (including phenoxy) is 2. The quantitative estimate of drug-likeness (QED) is 0.467. The lowest BCUT2D eigenvalue weighted by Crippen LogP contribution is -2.36. The molecule has 1 N–H and O–H groups in total. The average Bonchev–Trinajstić information content (AvgIpc) is 2.55. The van der Waals surface area contributed by atoms with Crippen molar-refractivity contribution in [3.8, 4) is 0 Å². The number of esters is 1. The van der Waals surface area contributed by atoms with Crippen LogP contribution in [0, 0.1) is 5.82 Å². The molecule has 0 radical (unpaired) electrons. The van der Waals surface area contributed by atoms with Gasteiger partial charge in [0, 0.05) is 45.3 Å². The summed E-state index contributed by atoms with van der Waals surface area (Å²) in [6.45, 7) is 3.78. The number of carbonyl (C=O) groups excluding carboxylic acids is 1. The van der Waals surface area contributed by atoms with Gasteiger partial charge in [0.05, 0.1) is 0 Å². The van der Waals surface area contributed by atoms with Gasteiger partial charge in [-0.2, -0.15) is 0 Å². The molecule has 0 saturated heterocycles. The number of rotatable bonds is 12. The number of methoxy groups -OCH3 is 1. The molecule has 0 heterocycles. The zero-order valence-corrected chi connectivity index (χ0v) is 14.5. The molecule has 0 aromatic heterocycles. The first-order chi connectivity index (χ1) is 11.6. The summed E-state index contributed by atoms with van der Waals surface area (Å²) in [7, 11) is 1.63. The van der Waals surface area contributed by atoms with Gasteiger partial charge in [0.1, 0.15) is 18.5 Å². The Kier molecular flexibility index (Phi) is 10.2. The van der Waals surface area contributed by atoms with E-state index >= 15 is 0 Å². The summed E-state index contributed by atoms with van der Waals surface area (Å²) in [5.41, 5.74) is 0.574. The van der Waals surface area contributed by atoms with E-state index in [0.29, 0.717) is 44.6 Å². The van der Waals surface area contributed by atoms with Gasteiger partial charge in [0.2, 0.25) is 0 Å². The van der Waals surface area contributed by atoms with Gasteiger partial charge in [-0.3, -0.25) is 9.69 Å². The molecule has 0 bridgehead atoms. The third kappa shape index (κ3) is 8.38. The van der Waals surface area contributed by atoms with Crippen LogP contribution in [0.1, 0.15) is 31.7 Å². The van der Waals surface area contributed by atoms with Gasteiger partial charge in [-0.15, -0.1) is 0 Å². The van der Waals surface area contributed by atoms with Crippen molar-refractivity contribution < 1.29 is 23.8 Å². The molecule has 0 amide bonds. The van der Waals surface area contributed by atoms with Crippen molar-refractivity contribution in [2.45, 2.75) is 38.8 Å². The number of aliphatic hydroxyl groups is 1. The highest BCUT2D eigenvalue weighted by molar-refractivity contribution is 5.69. The molecule has 0 spiro atoms. The predicted molar refractivity (Wildman–Crippen MR) is 90.0 cm³/mol. The van der Waals surface area contributed by atoms with Crippen molar-refractivity contribution in [2.75, 3.05) is 33.4 Å². The minimum Gasteiger partial charge on any atom is -0.463 e. The summed E-state index contributed by atoms with van der Waals surface area (Å²) < 4.78 is 23.9. The Bertz CT molecular complexity index is 484. The molecule has 24 heavy (non-hydrogen) atoms. The molecule has 5 nitrogen and oxygen atoms in total. The maximum Gasteiger partial charge on any atom is 0.305 e. The monoisotopic (exact) mass is 341 g/mol. The van der Waals surface area contributed by atoms with Gasteiger partial charge < -0.3 is 14.6 Å². The fourth-order valence-corrected chi connectivity index (χ4v) is 2.35. The standard InChI is InChI=1S/C18H28FNO4/c1-3-7-18(22)24-14-16(21)13-20(10-6-11-23-2)12-15-8-4-5-9-17(15)19/h4-5,8-9,16,21H,3,6-7,10-14H2,1-2H3/t16-/m1/s1. The van der Waals surface area contributed by atoms with Crippen molar-refractivity contribution in [3.63, 3.8) is 0 Å². The van der Waals surface area contributed by atoms with Crippen LogP contribution in [0.2, 0.25) is 0 Å². The maximum absolute atomic E-state index is 13.8. The van der Waals surface area contributed by atoms with E-state index in [1.54, 1.807) is 25.3 Å². The zero-order valence-electron chi connectivity index (χ0n) is 14.5. The van der Waals surface area contributed by atoms with E-state index in [4.69, 9.17) is 9.47 Å². The Morgan fingerprint density at radius 3 is 2.79 bits per heavy atom. The van der Waals surface area contributed by atoms with Gasteiger partial charge in [-0.25, -0.2) is 4.39 Å². The Morgan fingerprint density at radius 2 is 2.12 bits per heavy atom. The fraction of sp³-hybridized carbons (Fsp3) is 0.611. The van der Waals surface area contributed by atoms with Crippen LogP contribution in [0.25, 0.3) is 0 Å². The molecular formula is C18H28FNO4. The molecule has 1 atom stereocenters. The molecule has 0 aliphatic heterocycles. The number of aliphatic hydroxyl groups excluding tert-OH is 1. The van der Waals surface area contributed by atoms with Gasteiger partial charge in [-0.05, 0) is 18.9 Å². The Balaban J connectivity index is 2.54. The largest absolute Gasteiger partial charge is 0.463 e. The summed E-state index contributed by atoms with van der Waals surface area (Å²) in [6, 6.07) is 6.59. The van der Waals surface area contributed by atoms with Crippen molar-refractivity contribution in [3.05, 3.63) is 35.6 Å². The Labute approximate surface area is 143 Å². The predicted octanol–water partition coefficient (Wildman–Crippen LogP) is 2.37. The van der Waals surface area contributed by atoms with Crippen molar-refractivity contribution in [1.29, 1.82) is 0 Å². The summed E-state index contributed by atoms with van der Waals surface area (Å²) in [4.78, 5) is 13.3. The number of halogens is 1. The van der Waals surface area contributed by atoms with Crippen molar-refractivity contribution in [2.24, 2.45) is 0 Å². The molecule has 0 aliphatic carbocycles. The van der Waals surface area contributed by atoms with Gasteiger partial charge in [-0.1, -0.05) is 25.1 Å². The molecule has 1 rings (SSSR count). The number of hydrogen-bond donors (Lipinski definition) is 1. The highest BCUT2D eigenvalue weighted by atomic mass is 19.1. The minimum atomic E-state index is -0.805. The molecule has 1 aromatic rings. The van der Waals surface area contributed by atoms with E-state index in [1.165, 1.54) is 6.07 Å². The summed E-state index contributed by atoms with van der Waals surface area (Å²) in [5, 5.41) is 10.1. The highest BCUT2D eigenvalue weighted by Gasteiger charge is 2.15. The fourth-order valence-electron chi connectivity index (χ4n) is 2.35. The number of hydrogen-bond acceptors (Lipinski definition) is 5. The van der Waals surface area contributed by atoms with Gasteiger partial charge in [0.25, 0.3) is 0 Å². The van der Waals surface area contributed by atoms with Crippen LogP contribution in [-0.2, 0) is 20.8 Å². The van der Waals surface area contributed by atoms with Crippen LogP contribution in [0.15, 0.2) is 24.3 Å². The summed E-state index contributed by atoms with van der Waals surface area (Å²) in [6.07, 6.45) is 1.03. The molecule has 6 heteroatoms. The highest BCUT2D eigenvalue weighted by Crippen LogP contribution is 2.11. The molecular weight excluding hydrogens is 313 g/mol. The third-order valence-corrected chi connectivity index (χ3v) is 3.53. The van der Waals surface area contributed by atoms with Crippen LogP contribution in [0.5, 0.6) is 0 Å². The minimum absolute atomic E-state index is 0.0448. The molecule has 136 valence electrons. The molecule has 0 saturated carbocycles. The first-order valence-corrected chi connectivity index (χ1v) is 8.35. The summed E-state index contributed by atoms with van der Waals surface area (Å²) in [5.74, 6) is -0.574. The number of carbonyl (C=O) groups is 1. The van der Waals surface area contributed by atoms with Crippen LogP contribution in [-0.4, -0.2) is 55.5 Å². The average molecular weight is 341 g/mol. The van der Waals surface area contributed by atoms with Crippen LogP contribution >= 0.6 is 0 Å². The van der Waals surface area contributed by atoms with E-state index in [2.05, 4.69) is 0 Å². The summed E-state index contributed by atoms with van der Waals surface area (Å²) >= 11 is 0. The van der Waals surface area contributed by atoms with E-state index in [-0.39, 0.29) is 18.4 Å². The second kappa shape index (κ2) is 11.9. The zero-order chi connectivity index (χ0) is 17.8. The second-order valence-corrected chi connectivity index (χ2v) is 5.76. The van der Waals surface area contributed by atoms with Crippen LogP contribution in [0.4, 0.5) is 4.39 Å². The second-order valence-electron chi connectivity index (χ2n) is 5.76. The van der Waals surface area contributed by atoms with Crippen molar-refractivity contribution >= 4 is 5.97 Å². The number of nitrogens with zero attached hydrogens (tertiary/aromatic N) is 1. The van der Waals surface area contributed by atoms with Gasteiger partial charge >= 0.3 is 5.97 Å². The molecule has 0 aliphatic rings. The van der Waals surface area contributed by atoms with E-state index in [9.17, 15) is 14.3 Å². The van der Waals surface area contributed by atoms with Crippen molar-refractivity contribution in [1.82, 2.24) is 4.90 Å². The normalized spacial score (nSPS) is 12.4. The van der Waals surface area contributed by atoms with Crippen LogP contribution in [0.3, 0.4) is 0 Å². The third-order valence-electron chi connectivity index (χ3n) is 3.53. The Hall–Kier alpha value is -1.50. The van der Waals surface area contributed by atoms with Crippen LogP contribution < -0.4 is 0 Å². The van der Waals surface area contributed by atoms with E-state index < -0.39 is 6.10 Å². The first-order valence-electron chi connectivity index (χ1n) is 8.35. The molecule has 1 aromatic carbocycles. The number of benzene rings is 1. The topological polar surface area (TPSA) is 59.0 Å². The lowest BCUT2D eigenvalue weighted by molar-refractivity contribution is -0.147.